The van der Waals surface area contributed by atoms with E-state index >= 15 is 0 Å². The molecule has 84 valence electrons. The van der Waals surface area contributed by atoms with Crippen LogP contribution in [-0.2, 0) is 12.8 Å². The number of carboxylic acids is 1. The summed E-state index contributed by atoms with van der Waals surface area (Å²) in [7, 11) is 1.77. The smallest absolute Gasteiger partial charge is 0.339 e. The molecule has 0 bridgehead atoms. The highest BCUT2D eigenvalue weighted by atomic mass is 32.2. The molecule has 16 heavy (non-hydrogen) atoms. The number of hydrogen-bond donors (Lipinski definition) is 1. The minimum absolute atomic E-state index is 0.190. The van der Waals surface area contributed by atoms with Gasteiger partial charge in [0, 0.05) is 7.05 Å². The van der Waals surface area contributed by atoms with E-state index in [9.17, 15) is 4.79 Å². The van der Waals surface area contributed by atoms with Crippen molar-refractivity contribution in [2.24, 2.45) is 7.05 Å². The van der Waals surface area contributed by atoms with E-state index in [1.165, 1.54) is 30.4 Å². The van der Waals surface area contributed by atoms with Gasteiger partial charge in [0.1, 0.15) is 17.7 Å². The lowest BCUT2D eigenvalue weighted by Crippen LogP contribution is -1.98. The maximum Gasteiger partial charge on any atom is 0.339 e. The Hall–Kier alpha value is -1.76. The van der Waals surface area contributed by atoms with Gasteiger partial charge in [-0.15, -0.1) is 0 Å². The number of furan rings is 1. The maximum absolute atomic E-state index is 10.8. The lowest BCUT2D eigenvalue weighted by atomic mass is 10.3. The molecule has 2 rings (SSSR count). The zero-order valence-corrected chi connectivity index (χ0v) is 9.27. The van der Waals surface area contributed by atoms with E-state index < -0.39 is 5.97 Å². The Morgan fingerprint density at radius 3 is 3.12 bits per heavy atom. The second-order valence-corrected chi connectivity index (χ2v) is 3.96. The van der Waals surface area contributed by atoms with Crippen molar-refractivity contribution < 1.29 is 14.3 Å². The minimum atomic E-state index is -0.984. The Morgan fingerprint density at radius 1 is 1.69 bits per heavy atom. The summed E-state index contributed by atoms with van der Waals surface area (Å²) in [6.07, 6.45) is 2.82. The zero-order valence-electron chi connectivity index (χ0n) is 8.45. The van der Waals surface area contributed by atoms with Gasteiger partial charge in [0.25, 0.3) is 0 Å². The summed E-state index contributed by atoms with van der Waals surface area (Å²) < 4.78 is 6.72. The third-order valence-electron chi connectivity index (χ3n) is 1.98. The molecule has 0 aromatic carbocycles. The van der Waals surface area contributed by atoms with Gasteiger partial charge < -0.3 is 9.52 Å². The Kier molecular flexibility index (Phi) is 2.95. The van der Waals surface area contributed by atoms with Gasteiger partial charge in [-0.1, -0.05) is 11.8 Å². The van der Waals surface area contributed by atoms with Crippen LogP contribution in [0.3, 0.4) is 0 Å². The zero-order chi connectivity index (χ0) is 11.5. The maximum atomic E-state index is 10.8. The molecule has 0 saturated heterocycles. The molecule has 0 saturated carbocycles. The Labute approximate surface area is 95.3 Å². The summed E-state index contributed by atoms with van der Waals surface area (Å²) in [6, 6.07) is 1.44. The second-order valence-electron chi connectivity index (χ2n) is 3.02. The van der Waals surface area contributed by atoms with E-state index in [2.05, 4.69) is 10.1 Å². The molecule has 7 heteroatoms. The van der Waals surface area contributed by atoms with Crippen LogP contribution in [0.1, 0.15) is 16.1 Å². The fourth-order valence-electron chi connectivity index (χ4n) is 1.19. The molecule has 0 fully saturated rings. The van der Waals surface area contributed by atoms with Crippen LogP contribution >= 0.6 is 11.8 Å². The fraction of sp³-hybridized carbons (Fsp3) is 0.222. The Balaban J connectivity index is 2.08. The standard InChI is InChI=1S/C9H9N3O3S/c1-12-9(10-5-11-12)16-4-7-6(8(13)14)2-3-15-7/h2-3,5H,4H2,1H3,(H,13,14). The number of rotatable bonds is 4. The number of carboxylic acid groups (broad SMARTS) is 1. The number of carbonyl (C=O) groups is 1. The molecule has 0 amide bonds. The molecule has 0 aliphatic carbocycles. The summed E-state index contributed by atoms with van der Waals surface area (Å²) in [5.74, 6) is -0.135. The van der Waals surface area contributed by atoms with Gasteiger partial charge in [0.15, 0.2) is 5.16 Å². The van der Waals surface area contributed by atoms with E-state index in [4.69, 9.17) is 9.52 Å². The molecule has 0 atom stereocenters. The first-order chi connectivity index (χ1) is 7.68. The quantitative estimate of drug-likeness (QED) is 0.812. The first-order valence-corrected chi connectivity index (χ1v) is 5.43. The normalized spacial score (nSPS) is 10.6. The topological polar surface area (TPSA) is 81.2 Å². The van der Waals surface area contributed by atoms with E-state index in [0.29, 0.717) is 16.7 Å². The molecule has 0 spiro atoms. The van der Waals surface area contributed by atoms with Crippen molar-refractivity contribution >= 4 is 17.7 Å². The van der Waals surface area contributed by atoms with Crippen molar-refractivity contribution in [1.29, 1.82) is 0 Å². The highest BCUT2D eigenvalue weighted by Crippen LogP contribution is 2.22. The highest BCUT2D eigenvalue weighted by molar-refractivity contribution is 7.98. The molecule has 0 aliphatic rings. The van der Waals surface area contributed by atoms with Crippen LogP contribution < -0.4 is 0 Å². The summed E-state index contributed by atoms with van der Waals surface area (Å²) in [6.45, 7) is 0. The molecule has 2 heterocycles. The third-order valence-corrected chi connectivity index (χ3v) is 3.01. The largest absolute Gasteiger partial charge is 0.478 e. The number of hydrogen-bond acceptors (Lipinski definition) is 5. The molecule has 0 radical (unpaired) electrons. The molecule has 2 aromatic rings. The van der Waals surface area contributed by atoms with E-state index in [1.54, 1.807) is 11.7 Å². The van der Waals surface area contributed by atoms with Crippen LogP contribution in [0.5, 0.6) is 0 Å². The Morgan fingerprint density at radius 2 is 2.50 bits per heavy atom. The van der Waals surface area contributed by atoms with Crippen molar-refractivity contribution in [2.75, 3.05) is 0 Å². The third kappa shape index (κ3) is 2.08. The van der Waals surface area contributed by atoms with Crippen LogP contribution in [0, 0.1) is 0 Å². The van der Waals surface area contributed by atoms with Gasteiger partial charge in [0.2, 0.25) is 0 Å². The number of aromatic carboxylic acids is 1. The van der Waals surface area contributed by atoms with E-state index in [1.807, 2.05) is 0 Å². The van der Waals surface area contributed by atoms with Crippen molar-refractivity contribution in [3.05, 3.63) is 30.0 Å². The summed E-state index contributed by atoms with van der Waals surface area (Å²) in [5.41, 5.74) is 0.190. The predicted octanol–water partition coefficient (Wildman–Crippen LogP) is 1.40. The van der Waals surface area contributed by atoms with Crippen molar-refractivity contribution in [2.45, 2.75) is 10.9 Å². The SMILES string of the molecule is Cn1ncnc1SCc1occc1C(=O)O. The fourth-order valence-corrected chi connectivity index (χ4v) is 2.03. The van der Waals surface area contributed by atoms with E-state index in [-0.39, 0.29) is 5.56 Å². The van der Waals surface area contributed by atoms with E-state index in [0.717, 1.165) is 0 Å². The monoisotopic (exact) mass is 239 g/mol. The molecule has 0 unspecified atom stereocenters. The summed E-state index contributed by atoms with van der Waals surface area (Å²) in [4.78, 5) is 14.8. The predicted molar refractivity (Wildman–Crippen MR) is 56.2 cm³/mol. The minimum Gasteiger partial charge on any atom is -0.478 e. The number of aromatic nitrogens is 3. The second kappa shape index (κ2) is 4.40. The van der Waals surface area contributed by atoms with Crippen LogP contribution in [0.15, 0.2) is 28.2 Å². The van der Waals surface area contributed by atoms with Crippen LogP contribution in [0.4, 0.5) is 0 Å². The van der Waals surface area contributed by atoms with Gasteiger partial charge in [-0.3, -0.25) is 0 Å². The van der Waals surface area contributed by atoms with Gasteiger partial charge >= 0.3 is 5.97 Å². The molecule has 2 aromatic heterocycles. The lowest BCUT2D eigenvalue weighted by Gasteiger charge is -1.99. The van der Waals surface area contributed by atoms with Gasteiger partial charge in [0.05, 0.1) is 12.0 Å². The summed E-state index contributed by atoms with van der Waals surface area (Å²) in [5, 5.41) is 13.5. The Bertz CT molecular complexity index is 506. The van der Waals surface area contributed by atoms with Gasteiger partial charge in [-0.05, 0) is 6.07 Å². The van der Waals surface area contributed by atoms with Crippen molar-refractivity contribution in [3.8, 4) is 0 Å². The highest BCUT2D eigenvalue weighted by Gasteiger charge is 2.14. The van der Waals surface area contributed by atoms with Gasteiger partial charge in [-0.25, -0.2) is 14.5 Å². The molecule has 1 N–H and O–H groups in total. The molecule has 6 nitrogen and oxygen atoms in total. The average molecular weight is 239 g/mol. The number of aryl methyl sites for hydroxylation is 1. The number of thioether (sulfide) groups is 1. The lowest BCUT2D eigenvalue weighted by molar-refractivity contribution is 0.0695. The average Bonchev–Trinajstić information content (AvgIpc) is 2.83. The van der Waals surface area contributed by atoms with Crippen LogP contribution in [-0.4, -0.2) is 25.8 Å². The molecular formula is C9H9N3O3S. The summed E-state index contributed by atoms with van der Waals surface area (Å²) >= 11 is 1.38. The van der Waals surface area contributed by atoms with Crippen LogP contribution in [0.2, 0.25) is 0 Å². The first kappa shape index (κ1) is 10.7. The van der Waals surface area contributed by atoms with Crippen molar-refractivity contribution in [1.82, 2.24) is 14.8 Å². The van der Waals surface area contributed by atoms with Crippen LogP contribution in [0.25, 0.3) is 0 Å². The molecule has 0 aliphatic heterocycles. The van der Waals surface area contributed by atoms with Gasteiger partial charge in [-0.2, -0.15) is 5.10 Å². The molecular weight excluding hydrogens is 230 g/mol. The van der Waals surface area contributed by atoms with Crippen molar-refractivity contribution in [3.63, 3.8) is 0 Å². The first-order valence-electron chi connectivity index (χ1n) is 4.45. The number of nitrogens with zero attached hydrogens (tertiary/aromatic N) is 3.